The lowest BCUT2D eigenvalue weighted by Gasteiger charge is -2.06. The first-order chi connectivity index (χ1) is 8.63. The minimum Gasteiger partial charge on any atom is -0.324 e. The first-order valence-electron chi connectivity index (χ1n) is 5.83. The van der Waals surface area contributed by atoms with Gasteiger partial charge in [-0.1, -0.05) is 29.8 Å². The summed E-state index contributed by atoms with van der Waals surface area (Å²) in [5.74, 6) is 2.04. The van der Waals surface area contributed by atoms with Crippen molar-refractivity contribution in [2.45, 2.75) is 20.3 Å². The lowest BCUT2D eigenvalue weighted by atomic mass is 10.1. The Labute approximate surface area is 115 Å². The second-order valence-electron chi connectivity index (χ2n) is 4.48. The zero-order chi connectivity index (χ0) is 13.0. The van der Waals surface area contributed by atoms with E-state index in [1.165, 1.54) is 0 Å². The van der Waals surface area contributed by atoms with Gasteiger partial charge in [0, 0.05) is 10.7 Å². The average Bonchev–Trinajstić information content (AvgIpc) is 2.31. The third-order valence-corrected chi connectivity index (χ3v) is 2.79. The van der Waals surface area contributed by atoms with Gasteiger partial charge < -0.3 is 5.32 Å². The van der Waals surface area contributed by atoms with E-state index < -0.39 is 0 Å². The van der Waals surface area contributed by atoms with E-state index in [9.17, 15) is 0 Å². The normalized spacial score (nSPS) is 10.7. The molecule has 2 aromatic heterocycles. The summed E-state index contributed by atoms with van der Waals surface area (Å²) in [5, 5.41) is 3.11. The summed E-state index contributed by atoms with van der Waals surface area (Å²) < 4.78 is 0.976. The van der Waals surface area contributed by atoms with Gasteiger partial charge in [-0.2, -0.15) is 0 Å². The van der Waals surface area contributed by atoms with E-state index in [-0.39, 0.29) is 0 Å². The predicted molar refractivity (Wildman–Crippen MR) is 75.8 cm³/mol. The SMILES string of the molecule is CC(C)Cc1cnc(Nc2cc(Br)ccn2)cn1. The van der Waals surface area contributed by atoms with Crippen molar-refractivity contribution in [1.29, 1.82) is 0 Å². The fourth-order valence-corrected chi connectivity index (χ4v) is 1.88. The fourth-order valence-electron chi connectivity index (χ4n) is 1.55. The Morgan fingerprint density at radius 2 is 2.00 bits per heavy atom. The van der Waals surface area contributed by atoms with E-state index in [0.29, 0.717) is 11.7 Å². The van der Waals surface area contributed by atoms with Crippen LogP contribution in [0.2, 0.25) is 0 Å². The quantitative estimate of drug-likeness (QED) is 0.938. The highest BCUT2D eigenvalue weighted by Crippen LogP contribution is 2.16. The van der Waals surface area contributed by atoms with E-state index in [0.717, 1.165) is 22.4 Å². The summed E-state index contributed by atoms with van der Waals surface area (Å²) in [6.45, 7) is 4.33. The highest BCUT2D eigenvalue weighted by atomic mass is 79.9. The topological polar surface area (TPSA) is 50.7 Å². The maximum absolute atomic E-state index is 4.37. The molecule has 0 saturated heterocycles. The summed E-state index contributed by atoms with van der Waals surface area (Å²) >= 11 is 3.40. The van der Waals surface area contributed by atoms with Crippen LogP contribution >= 0.6 is 15.9 Å². The molecule has 5 heteroatoms. The molecule has 0 atom stereocenters. The van der Waals surface area contributed by atoms with Crippen molar-refractivity contribution in [3.05, 3.63) is 40.9 Å². The van der Waals surface area contributed by atoms with Crippen molar-refractivity contribution >= 4 is 27.6 Å². The highest BCUT2D eigenvalue weighted by molar-refractivity contribution is 9.10. The standard InChI is InChI=1S/C13H15BrN4/c1-9(2)5-11-7-17-13(8-16-11)18-12-6-10(14)3-4-15-12/h3-4,6-9H,5H2,1-2H3,(H,15,17,18). The van der Waals surface area contributed by atoms with Crippen LogP contribution in [0, 0.1) is 5.92 Å². The Balaban J connectivity index is 2.06. The maximum atomic E-state index is 4.37. The fraction of sp³-hybridized carbons (Fsp3) is 0.308. The Bertz CT molecular complexity index is 511. The molecular formula is C13H15BrN4. The number of hydrogen-bond donors (Lipinski definition) is 1. The van der Waals surface area contributed by atoms with Gasteiger partial charge in [0.1, 0.15) is 11.6 Å². The van der Waals surface area contributed by atoms with E-state index in [2.05, 4.69) is 50.0 Å². The molecular weight excluding hydrogens is 292 g/mol. The number of aromatic nitrogens is 3. The van der Waals surface area contributed by atoms with E-state index in [1.54, 1.807) is 18.6 Å². The first kappa shape index (κ1) is 13.0. The van der Waals surface area contributed by atoms with E-state index >= 15 is 0 Å². The number of nitrogens with zero attached hydrogens (tertiary/aromatic N) is 3. The molecule has 2 rings (SSSR count). The molecule has 0 aliphatic rings. The van der Waals surface area contributed by atoms with Crippen molar-refractivity contribution in [1.82, 2.24) is 15.0 Å². The van der Waals surface area contributed by atoms with Crippen molar-refractivity contribution in [2.75, 3.05) is 5.32 Å². The number of nitrogens with one attached hydrogen (secondary N) is 1. The molecule has 0 amide bonds. The van der Waals surface area contributed by atoms with Crippen LogP contribution in [0.5, 0.6) is 0 Å². The molecule has 0 spiro atoms. The van der Waals surface area contributed by atoms with Gasteiger partial charge in [0.05, 0.1) is 18.1 Å². The summed E-state index contributed by atoms with van der Waals surface area (Å²) in [4.78, 5) is 12.9. The number of anilines is 2. The summed E-state index contributed by atoms with van der Waals surface area (Å²) in [6.07, 6.45) is 6.22. The molecule has 1 N–H and O–H groups in total. The van der Waals surface area contributed by atoms with Crippen LogP contribution in [0.4, 0.5) is 11.6 Å². The zero-order valence-corrected chi connectivity index (χ0v) is 12.0. The van der Waals surface area contributed by atoms with Gasteiger partial charge >= 0.3 is 0 Å². The molecule has 18 heavy (non-hydrogen) atoms. The first-order valence-corrected chi connectivity index (χ1v) is 6.62. The van der Waals surface area contributed by atoms with E-state index in [4.69, 9.17) is 0 Å². The van der Waals surface area contributed by atoms with Crippen LogP contribution in [0.1, 0.15) is 19.5 Å². The molecule has 2 heterocycles. The van der Waals surface area contributed by atoms with Crippen LogP contribution in [-0.4, -0.2) is 15.0 Å². The lowest BCUT2D eigenvalue weighted by Crippen LogP contribution is -2.01. The number of rotatable bonds is 4. The van der Waals surface area contributed by atoms with Gasteiger partial charge in [-0.05, 0) is 24.5 Å². The van der Waals surface area contributed by atoms with Crippen LogP contribution in [-0.2, 0) is 6.42 Å². The van der Waals surface area contributed by atoms with Gasteiger partial charge in [0.15, 0.2) is 0 Å². The van der Waals surface area contributed by atoms with Gasteiger partial charge in [-0.25, -0.2) is 9.97 Å². The number of hydrogen-bond acceptors (Lipinski definition) is 4. The summed E-state index contributed by atoms with van der Waals surface area (Å²) in [5.41, 5.74) is 1.01. The molecule has 0 fully saturated rings. The second kappa shape index (κ2) is 5.91. The van der Waals surface area contributed by atoms with Crippen molar-refractivity contribution < 1.29 is 0 Å². The minimum atomic E-state index is 0.588. The lowest BCUT2D eigenvalue weighted by molar-refractivity contribution is 0.633. The number of pyridine rings is 1. The molecule has 94 valence electrons. The predicted octanol–water partition coefficient (Wildman–Crippen LogP) is 3.58. The van der Waals surface area contributed by atoms with Crippen LogP contribution in [0.3, 0.4) is 0 Å². The van der Waals surface area contributed by atoms with Gasteiger partial charge in [-0.15, -0.1) is 0 Å². The van der Waals surface area contributed by atoms with Crippen molar-refractivity contribution in [3.8, 4) is 0 Å². The number of halogens is 1. The minimum absolute atomic E-state index is 0.588. The van der Waals surface area contributed by atoms with Gasteiger partial charge in [-0.3, -0.25) is 4.98 Å². The van der Waals surface area contributed by atoms with Crippen molar-refractivity contribution in [3.63, 3.8) is 0 Å². The average molecular weight is 307 g/mol. The molecule has 0 saturated carbocycles. The largest absolute Gasteiger partial charge is 0.324 e. The molecule has 0 aromatic carbocycles. The highest BCUT2D eigenvalue weighted by Gasteiger charge is 2.02. The van der Waals surface area contributed by atoms with Crippen molar-refractivity contribution in [2.24, 2.45) is 5.92 Å². The smallest absolute Gasteiger partial charge is 0.150 e. The van der Waals surface area contributed by atoms with Crippen LogP contribution in [0.25, 0.3) is 0 Å². The van der Waals surface area contributed by atoms with Gasteiger partial charge in [0.25, 0.3) is 0 Å². The molecule has 0 aliphatic carbocycles. The molecule has 0 aliphatic heterocycles. The molecule has 4 nitrogen and oxygen atoms in total. The Kier molecular flexibility index (Phi) is 4.25. The van der Waals surface area contributed by atoms with Crippen LogP contribution < -0.4 is 5.32 Å². The Hall–Kier alpha value is -1.49. The third kappa shape index (κ3) is 3.77. The summed E-state index contributed by atoms with van der Waals surface area (Å²) in [6, 6.07) is 3.77. The maximum Gasteiger partial charge on any atom is 0.150 e. The van der Waals surface area contributed by atoms with E-state index in [1.807, 2.05) is 12.1 Å². The monoisotopic (exact) mass is 306 g/mol. The molecule has 0 radical (unpaired) electrons. The van der Waals surface area contributed by atoms with Gasteiger partial charge in [0.2, 0.25) is 0 Å². The summed E-state index contributed by atoms with van der Waals surface area (Å²) in [7, 11) is 0. The zero-order valence-electron chi connectivity index (χ0n) is 10.4. The second-order valence-corrected chi connectivity index (χ2v) is 5.39. The third-order valence-electron chi connectivity index (χ3n) is 2.30. The van der Waals surface area contributed by atoms with Crippen LogP contribution in [0.15, 0.2) is 35.2 Å². The molecule has 2 aromatic rings. The Morgan fingerprint density at radius 1 is 1.17 bits per heavy atom. The molecule has 0 unspecified atom stereocenters. The Morgan fingerprint density at radius 3 is 2.61 bits per heavy atom. The molecule has 0 bridgehead atoms.